The minimum absolute atomic E-state index is 0.136. The summed E-state index contributed by atoms with van der Waals surface area (Å²) < 4.78 is 7.99. The van der Waals surface area contributed by atoms with E-state index in [0.717, 1.165) is 31.7 Å². The van der Waals surface area contributed by atoms with Gasteiger partial charge in [-0.3, -0.25) is 0 Å². The molecule has 3 aromatic rings. The molecule has 2 aromatic heterocycles. The highest BCUT2D eigenvalue weighted by Crippen LogP contribution is 2.28. The van der Waals surface area contributed by atoms with Crippen molar-refractivity contribution in [3.63, 3.8) is 0 Å². The van der Waals surface area contributed by atoms with Crippen LogP contribution in [0.25, 0.3) is 10.9 Å². The lowest BCUT2D eigenvalue weighted by molar-refractivity contribution is -0.00402. The molecular formula is C18H22N4O. The second-order valence-electron chi connectivity index (χ2n) is 6.25. The summed E-state index contributed by atoms with van der Waals surface area (Å²) in [6.45, 7) is 1.68. The molecule has 1 aromatic carbocycles. The molecule has 0 spiro atoms. The van der Waals surface area contributed by atoms with Crippen molar-refractivity contribution in [3.8, 4) is 0 Å². The fraction of sp³-hybridized carbons (Fsp3) is 0.389. The van der Waals surface area contributed by atoms with Crippen LogP contribution in [0, 0.1) is 0 Å². The van der Waals surface area contributed by atoms with Gasteiger partial charge in [-0.1, -0.05) is 12.1 Å². The molecule has 120 valence electrons. The third kappa shape index (κ3) is 2.90. The predicted molar refractivity (Wildman–Crippen MR) is 90.1 cm³/mol. The highest BCUT2D eigenvalue weighted by molar-refractivity contribution is 5.82. The monoisotopic (exact) mass is 310 g/mol. The third-order valence-corrected chi connectivity index (χ3v) is 4.73. The number of ether oxygens (including phenoxy) is 1. The Bertz CT molecular complexity index is 791. The SMILES string of the molecule is Cn1cncc1[C@H]1C[C@H](NCc2cccc3[nH]ccc23)CCO1. The Labute approximate surface area is 135 Å². The molecule has 0 amide bonds. The first-order chi connectivity index (χ1) is 11.3. The predicted octanol–water partition coefficient (Wildman–Crippen LogP) is 2.91. The average molecular weight is 310 g/mol. The van der Waals surface area contributed by atoms with Crippen LogP contribution in [-0.2, 0) is 18.3 Å². The quantitative estimate of drug-likeness (QED) is 0.779. The van der Waals surface area contributed by atoms with Crippen LogP contribution in [0.15, 0.2) is 43.0 Å². The van der Waals surface area contributed by atoms with E-state index in [0.29, 0.717) is 6.04 Å². The number of rotatable bonds is 4. The van der Waals surface area contributed by atoms with Crippen molar-refractivity contribution in [2.24, 2.45) is 7.05 Å². The van der Waals surface area contributed by atoms with Gasteiger partial charge < -0.3 is 19.6 Å². The van der Waals surface area contributed by atoms with Crippen molar-refractivity contribution in [1.82, 2.24) is 19.9 Å². The summed E-state index contributed by atoms with van der Waals surface area (Å²) in [6.07, 6.45) is 7.92. The molecule has 0 saturated carbocycles. The summed E-state index contributed by atoms with van der Waals surface area (Å²) in [5.74, 6) is 0. The Morgan fingerprint density at radius 3 is 3.22 bits per heavy atom. The molecule has 0 unspecified atom stereocenters. The molecule has 1 fully saturated rings. The van der Waals surface area contributed by atoms with E-state index in [1.807, 2.05) is 30.3 Å². The second-order valence-corrected chi connectivity index (χ2v) is 6.25. The molecule has 5 nitrogen and oxygen atoms in total. The van der Waals surface area contributed by atoms with Crippen LogP contribution < -0.4 is 5.32 Å². The standard InChI is InChI=1S/C18H22N4O/c1-22-12-19-11-17(22)18-9-14(6-8-23-18)21-10-13-3-2-4-16-15(13)5-7-20-16/h2-5,7,11-12,14,18,20-21H,6,8-10H2,1H3/t14-,18-/m1/s1. The number of fused-ring (bicyclic) bond motifs is 1. The number of aromatic amines is 1. The van der Waals surface area contributed by atoms with E-state index in [1.165, 1.54) is 16.5 Å². The van der Waals surface area contributed by atoms with Gasteiger partial charge in [-0.05, 0) is 30.5 Å². The fourth-order valence-corrected chi connectivity index (χ4v) is 3.43. The summed E-state index contributed by atoms with van der Waals surface area (Å²) in [6, 6.07) is 9.04. The lowest BCUT2D eigenvalue weighted by atomic mass is 10.0. The maximum Gasteiger partial charge on any atom is 0.100 e. The lowest BCUT2D eigenvalue weighted by Crippen LogP contribution is -2.36. The first-order valence-electron chi connectivity index (χ1n) is 8.17. The lowest BCUT2D eigenvalue weighted by Gasteiger charge is -2.30. The van der Waals surface area contributed by atoms with Crippen molar-refractivity contribution in [1.29, 1.82) is 0 Å². The molecule has 1 aliphatic rings. The van der Waals surface area contributed by atoms with Gasteiger partial charge in [0.25, 0.3) is 0 Å². The molecule has 4 rings (SSSR count). The molecular weight excluding hydrogens is 288 g/mol. The Kier molecular flexibility index (Phi) is 3.89. The molecule has 1 saturated heterocycles. The van der Waals surface area contributed by atoms with E-state index in [4.69, 9.17) is 4.74 Å². The molecule has 0 radical (unpaired) electrons. The number of H-pyrrole nitrogens is 1. The number of hydrogen-bond acceptors (Lipinski definition) is 3. The highest BCUT2D eigenvalue weighted by Gasteiger charge is 2.25. The van der Waals surface area contributed by atoms with Crippen molar-refractivity contribution in [2.75, 3.05) is 6.61 Å². The minimum atomic E-state index is 0.136. The zero-order valence-corrected chi connectivity index (χ0v) is 13.3. The molecule has 2 atom stereocenters. The van der Waals surface area contributed by atoms with Gasteiger partial charge in [0.2, 0.25) is 0 Å². The van der Waals surface area contributed by atoms with Gasteiger partial charge in [-0.25, -0.2) is 4.98 Å². The Morgan fingerprint density at radius 1 is 1.39 bits per heavy atom. The summed E-state index contributed by atoms with van der Waals surface area (Å²) in [4.78, 5) is 7.48. The van der Waals surface area contributed by atoms with E-state index in [9.17, 15) is 0 Å². The van der Waals surface area contributed by atoms with Gasteiger partial charge in [-0.2, -0.15) is 0 Å². The molecule has 23 heavy (non-hydrogen) atoms. The minimum Gasteiger partial charge on any atom is -0.372 e. The summed E-state index contributed by atoms with van der Waals surface area (Å²) >= 11 is 0. The Morgan fingerprint density at radius 2 is 2.35 bits per heavy atom. The van der Waals surface area contributed by atoms with Crippen LogP contribution >= 0.6 is 0 Å². The van der Waals surface area contributed by atoms with Gasteiger partial charge in [0.15, 0.2) is 0 Å². The molecule has 0 aliphatic carbocycles. The Balaban J connectivity index is 1.43. The van der Waals surface area contributed by atoms with Crippen molar-refractivity contribution < 1.29 is 4.74 Å². The van der Waals surface area contributed by atoms with Crippen molar-refractivity contribution in [2.45, 2.75) is 31.5 Å². The number of imidazole rings is 1. The second kappa shape index (κ2) is 6.18. The van der Waals surface area contributed by atoms with Gasteiger partial charge in [-0.15, -0.1) is 0 Å². The molecule has 5 heteroatoms. The number of nitrogens with zero attached hydrogens (tertiary/aromatic N) is 2. The number of hydrogen-bond donors (Lipinski definition) is 2. The summed E-state index contributed by atoms with van der Waals surface area (Å²) in [7, 11) is 2.02. The topological polar surface area (TPSA) is 54.9 Å². The normalized spacial score (nSPS) is 21.8. The van der Waals surface area contributed by atoms with Crippen LogP contribution in [0.3, 0.4) is 0 Å². The Hall–Kier alpha value is -2.11. The van der Waals surface area contributed by atoms with Crippen LogP contribution in [0.1, 0.15) is 30.2 Å². The molecule has 2 N–H and O–H groups in total. The number of benzene rings is 1. The van der Waals surface area contributed by atoms with Gasteiger partial charge in [0.05, 0.1) is 18.2 Å². The van der Waals surface area contributed by atoms with Crippen LogP contribution in [0.4, 0.5) is 0 Å². The van der Waals surface area contributed by atoms with Crippen LogP contribution in [0.2, 0.25) is 0 Å². The van der Waals surface area contributed by atoms with E-state index in [1.54, 1.807) is 0 Å². The largest absolute Gasteiger partial charge is 0.372 e. The van der Waals surface area contributed by atoms with E-state index in [2.05, 4.69) is 39.6 Å². The first kappa shape index (κ1) is 14.5. The van der Waals surface area contributed by atoms with Crippen LogP contribution in [-0.4, -0.2) is 27.2 Å². The summed E-state index contributed by atoms with van der Waals surface area (Å²) in [5, 5.41) is 5.01. The van der Waals surface area contributed by atoms with Gasteiger partial charge >= 0.3 is 0 Å². The number of aryl methyl sites for hydroxylation is 1. The number of nitrogens with one attached hydrogen (secondary N) is 2. The maximum atomic E-state index is 5.94. The van der Waals surface area contributed by atoms with Crippen molar-refractivity contribution >= 4 is 10.9 Å². The molecule has 0 bridgehead atoms. The van der Waals surface area contributed by atoms with E-state index < -0.39 is 0 Å². The van der Waals surface area contributed by atoms with Gasteiger partial charge in [0, 0.05) is 43.3 Å². The van der Waals surface area contributed by atoms with Gasteiger partial charge in [0.1, 0.15) is 6.10 Å². The maximum absolute atomic E-state index is 5.94. The van der Waals surface area contributed by atoms with E-state index >= 15 is 0 Å². The molecule has 3 heterocycles. The summed E-state index contributed by atoms with van der Waals surface area (Å²) in [5.41, 5.74) is 3.70. The third-order valence-electron chi connectivity index (χ3n) is 4.73. The zero-order valence-electron chi connectivity index (χ0n) is 13.3. The average Bonchev–Trinajstić information content (AvgIpc) is 3.22. The first-order valence-corrected chi connectivity index (χ1v) is 8.17. The molecule has 1 aliphatic heterocycles. The zero-order chi connectivity index (χ0) is 15.6. The fourth-order valence-electron chi connectivity index (χ4n) is 3.43. The number of aromatic nitrogens is 3. The van der Waals surface area contributed by atoms with E-state index in [-0.39, 0.29) is 6.10 Å². The van der Waals surface area contributed by atoms with Crippen molar-refractivity contribution in [3.05, 3.63) is 54.2 Å². The van der Waals surface area contributed by atoms with Crippen LogP contribution in [0.5, 0.6) is 0 Å². The highest BCUT2D eigenvalue weighted by atomic mass is 16.5. The smallest absolute Gasteiger partial charge is 0.100 e.